The number of aromatic nitrogens is 1. The molecular formula is C15H22N2O3. The topological polar surface area (TPSA) is 56.5 Å². The molecule has 0 aliphatic heterocycles. The third kappa shape index (κ3) is 6.22. The quantitative estimate of drug-likeness (QED) is 0.628. The van der Waals surface area contributed by atoms with Crippen LogP contribution in [0, 0.1) is 5.21 Å². The van der Waals surface area contributed by atoms with Gasteiger partial charge in [-0.1, -0.05) is 12.2 Å². The number of hydrogen-bond donors (Lipinski definition) is 0. The van der Waals surface area contributed by atoms with E-state index < -0.39 is 5.60 Å². The highest BCUT2D eigenvalue weighted by molar-refractivity contribution is 5.67. The Morgan fingerprint density at radius 2 is 2.20 bits per heavy atom. The van der Waals surface area contributed by atoms with Crippen LogP contribution < -0.4 is 4.73 Å². The molecule has 0 saturated heterocycles. The molecule has 1 aromatic rings. The third-order valence-electron chi connectivity index (χ3n) is 2.44. The second kappa shape index (κ2) is 6.93. The maximum atomic E-state index is 11.7. The first-order valence-corrected chi connectivity index (χ1v) is 6.57. The highest BCUT2D eigenvalue weighted by Crippen LogP contribution is 2.09. The zero-order chi connectivity index (χ0) is 15.2. The predicted molar refractivity (Wildman–Crippen MR) is 77.9 cm³/mol. The summed E-state index contributed by atoms with van der Waals surface area (Å²) in [5.74, 6) is 0. The van der Waals surface area contributed by atoms with E-state index in [9.17, 15) is 10.0 Å². The van der Waals surface area contributed by atoms with Crippen LogP contribution in [0.25, 0.3) is 6.08 Å². The molecule has 0 N–H and O–H groups in total. The highest BCUT2D eigenvalue weighted by atomic mass is 16.6. The van der Waals surface area contributed by atoms with Gasteiger partial charge in [0.1, 0.15) is 5.60 Å². The molecule has 0 aliphatic rings. The number of nitrogens with zero attached hydrogens (tertiary/aromatic N) is 2. The van der Waals surface area contributed by atoms with Crippen LogP contribution in [0.1, 0.15) is 32.8 Å². The summed E-state index contributed by atoms with van der Waals surface area (Å²) < 4.78 is 6.01. The Hall–Kier alpha value is -2.04. The van der Waals surface area contributed by atoms with E-state index in [2.05, 4.69) is 0 Å². The standard InChI is InChI=1S/C15H22N2O3/c1-15(2,3)20-14(18)16(4)10-6-5-8-13-9-7-11-17(19)12-13/h5,7-9,11-12H,6,10H2,1-4H3. The average Bonchev–Trinajstić information content (AvgIpc) is 2.32. The van der Waals surface area contributed by atoms with Crippen LogP contribution in [0.4, 0.5) is 4.79 Å². The molecule has 0 spiro atoms. The van der Waals surface area contributed by atoms with Crippen molar-refractivity contribution >= 4 is 12.2 Å². The Morgan fingerprint density at radius 3 is 2.80 bits per heavy atom. The highest BCUT2D eigenvalue weighted by Gasteiger charge is 2.18. The molecule has 5 nitrogen and oxygen atoms in total. The van der Waals surface area contributed by atoms with Crippen molar-refractivity contribution in [3.8, 4) is 0 Å². The summed E-state index contributed by atoms with van der Waals surface area (Å²) in [5.41, 5.74) is 0.356. The first-order valence-electron chi connectivity index (χ1n) is 6.57. The number of rotatable bonds is 4. The van der Waals surface area contributed by atoms with Crippen molar-refractivity contribution in [3.63, 3.8) is 0 Å². The maximum absolute atomic E-state index is 11.7. The van der Waals surface area contributed by atoms with Crippen LogP contribution in [0.5, 0.6) is 0 Å². The minimum absolute atomic E-state index is 0.331. The van der Waals surface area contributed by atoms with Crippen molar-refractivity contribution in [1.82, 2.24) is 4.90 Å². The van der Waals surface area contributed by atoms with Crippen molar-refractivity contribution in [2.75, 3.05) is 13.6 Å². The van der Waals surface area contributed by atoms with E-state index in [1.54, 1.807) is 13.1 Å². The minimum Gasteiger partial charge on any atom is -0.619 e. The summed E-state index contributed by atoms with van der Waals surface area (Å²) in [5, 5.41) is 11.1. The fourth-order valence-corrected chi connectivity index (χ4v) is 1.49. The fraction of sp³-hybridized carbons (Fsp3) is 0.467. The molecular weight excluding hydrogens is 256 g/mol. The van der Waals surface area contributed by atoms with E-state index in [-0.39, 0.29) is 6.09 Å². The van der Waals surface area contributed by atoms with Crippen molar-refractivity contribution in [1.29, 1.82) is 0 Å². The molecule has 0 atom stereocenters. The monoisotopic (exact) mass is 278 g/mol. The normalized spacial score (nSPS) is 11.6. The Morgan fingerprint density at radius 1 is 1.50 bits per heavy atom. The van der Waals surface area contributed by atoms with Crippen molar-refractivity contribution < 1.29 is 14.3 Å². The lowest BCUT2D eigenvalue weighted by Gasteiger charge is -2.24. The van der Waals surface area contributed by atoms with Crippen LogP contribution in [0.3, 0.4) is 0 Å². The third-order valence-corrected chi connectivity index (χ3v) is 2.44. The van der Waals surface area contributed by atoms with Gasteiger partial charge in [0.2, 0.25) is 0 Å². The van der Waals surface area contributed by atoms with Crippen molar-refractivity contribution in [3.05, 3.63) is 41.4 Å². The van der Waals surface area contributed by atoms with Gasteiger partial charge < -0.3 is 14.8 Å². The number of carbonyl (C=O) groups excluding carboxylic acids is 1. The Labute approximate surface area is 120 Å². The SMILES string of the molecule is CN(CCC=Cc1ccc[n+]([O-])c1)C(=O)OC(C)(C)C. The zero-order valence-corrected chi connectivity index (χ0v) is 12.5. The average molecular weight is 278 g/mol. The van der Waals surface area contributed by atoms with Crippen LogP contribution in [-0.4, -0.2) is 30.2 Å². The molecule has 0 fully saturated rings. The van der Waals surface area contributed by atoms with Crippen LogP contribution in [-0.2, 0) is 4.74 Å². The molecule has 1 rings (SSSR count). The summed E-state index contributed by atoms with van der Waals surface area (Å²) in [6, 6.07) is 3.54. The molecule has 0 aliphatic carbocycles. The summed E-state index contributed by atoms with van der Waals surface area (Å²) >= 11 is 0. The van der Waals surface area contributed by atoms with E-state index in [0.717, 1.165) is 10.3 Å². The van der Waals surface area contributed by atoms with E-state index in [4.69, 9.17) is 4.74 Å². The van der Waals surface area contributed by atoms with Crippen molar-refractivity contribution in [2.24, 2.45) is 0 Å². The van der Waals surface area contributed by atoms with Gasteiger partial charge in [-0.05, 0) is 33.3 Å². The van der Waals surface area contributed by atoms with E-state index in [0.29, 0.717) is 13.0 Å². The lowest BCUT2D eigenvalue weighted by molar-refractivity contribution is -0.605. The smallest absolute Gasteiger partial charge is 0.410 e. The molecule has 0 bridgehead atoms. The summed E-state index contributed by atoms with van der Waals surface area (Å²) in [6.07, 6.45) is 7.08. The van der Waals surface area contributed by atoms with E-state index in [1.165, 1.54) is 17.3 Å². The van der Waals surface area contributed by atoms with Gasteiger partial charge >= 0.3 is 6.09 Å². The van der Waals surface area contributed by atoms with Crippen molar-refractivity contribution in [2.45, 2.75) is 32.8 Å². The molecule has 0 aromatic carbocycles. The summed E-state index contributed by atoms with van der Waals surface area (Å²) in [4.78, 5) is 13.2. The van der Waals surface area contributed by atoms with Gasteiger partial charge in [0, 0.05) is 25.2 Å². The number of ether oxygens (including phenoxy) is 1. The Balaban J connectivity index is 2.38. The Bertz CT molecular complexity index is 478. The molecule has 5 heteroatoms. The molecule has 0 unspecified atom stereocenters. The van der Waals surface area contributed by atoms with Crippen LogP contribution >= 0.6 is 0 Å². The van der Waals surface area contributed by atoms with Crippen LogP contribution in [0.15, 0.2) is 30.6 Å². The van der Waals surface area contributed by atoms with Gasteiger partial charge in [-0.3, -0.25) is 0 Å². The molecule has 0 saturated carbocycles. The van der Waals surface area contributed by atoms with Gasteiger partial charge in [0.05, 0.1) is 0 Å². The van der Waals surface area contributed by atoms with Gasteiger partial charge in [0.15, 0.2) is 12.4 Å². The van der Waals surface area contributed by atoms with Gasteiger partial charge in [-0.2, -0.15) is 4.73 Å². The number of amides is 1. The summed E-state index contributed by atoms with van der Waals surface area (Å²) in [7, 11) is 1.70. The predicted octanol–water partition coefficient (Wildman–Crippen LogP) is 2.59. The Kier molecular flexibility index (Phi) is 5.55. The van der Waals surface area contributed by atoms with E-state index in [1.807, 2.05) is 39.0 Å². The molecule has 1 heterocycles. The molecule has 1 aromatic heterocycles. The lowest BCUT2D eigenvalue weighted by atomic mass is 10.2. The molecule has 0 radical (unpaired) electrons. The summed E-state index contributed by atoms with van der Waals surface area (Å²) in [6.45, 7) is 6.08. The zero-order valence-electron chi connectivity index (χ0n) is 12.5. The van der Waals surface area contributed by atoms with Gasteiger partial charge in [-0.25, -0.2) is 4.79 Å². The number of carbonyl (C=O) groups is 1. The fourth-order valence-electron chi connectivity index (χ4n) is 1.49. The number of pyridine rings is 1. The molecule has 1 amide bonds. The molecule has 20 heavy (non-hydrogen) atoms. The van der Waals surface area contributed by atoms with Crippen LogP contribution in [0.2, 0.25) is 0 Å². The minimum atomic E-state index is -0.479. The first-order chi connectivity index (χ1) is 9.28. The van der Waals surface area contributed by atoms with Gasteiger partial charge in [0.25, 0.3) is 0 Å². The van der Waals surface area contributed by atoms with E-state index >= 15 is 0 Å². The lowest BCUT2D eigenvalue weighted by Crippen LogP contribution is -2.34. The number of hydrogen-bond acceptors (Lipinski definition) is 3. The largest absolute Gasteiger partial charge is 0.619 e. The first kappa shape index (κ1) is 16.0. The second-order valence-corrected chi connectivity index (χ2v) is 5.59. The second-order valence-electron chi connectivity index (χ2n) is 5.59. The van der Waals surface area contributed by atoms with Gasteiger partial charge in [-0.15, -0.1) is 0 Å². The molecule has 110 valence electrons. The maximum Gasteiger partial charge on any atom is 0.410 e.